The van der Waals surface area contributed by atoms with Crippen molar-refractivity contribution in [2.75, 3.05) is 33.7 Å². The molecule has 0 saturated heterocycles. The number of amides is 1. The Morgan fingerprint density at radius 3 is 2.17 bits per heavy atom. The molecule has 0 saturated carbocycles. The summed E-state index contributed by atoms with van der Waals surface area (Å²) in [7, 11) is 4.52. The Balaban J connectivity index is 2.07. The summed E-state index contributed by atoms with van der Waals surface area (Å²) in [6, 6.07) is 4.76. The number of unbranched alkanes of at least 4 members (excludes halogenated alkanes) is 7. The summed E-state index contributed by atoms with van der Waals surface area (Å²) in [5.74, 6) is -0.157. The Hall–Kier alpha value is -1.75. The first-order chi connectivity index (χ1) is 13.8. The van der Waals surface area contributed by atoms with E-state index in [2.05, 4.69) is 26.3 Å². The van der Waals surface area contributed by atoms with E-state index in [0.29, 0.717) is 19.4 Å². The predicted molar refractivity (Wildman–Crippen MR) is 120 cm³/mol. The Kier molecular flexibility index (Phi) is 12.4. The smallest absolute Gasteiger partial charge is 0.220 e. The third kappa shape index (κ3) is 12.4. The number of benzene rings is 1. The van der Waals surface area contributed by atoms with Crippen molar-refractivity contribution in [3.8, 4) is 11.5 Å². The van der Waals surface area contributed by atoms with Gasteiger partial charge in [-0.05, 0) is 37.0 Å². The van der Waals surface area contributed by atoms with Gasteiger partial charge in [0.25, 0.3) is 0 Å². The van der Waals surface area contributed by atoms with Gasteiger partial charge in [0.05, 0.1) is 27.2 Å². The van der Waals surface area contributed by atoms with Crippen LogP contribution in [0, 0.1) is 0 Å². The van der Waals surface area contributed by atoms with Crippen molar-refractivity contribution in [2.24, 2.45) is 0 Å². The fourth-order valence-corrected chi connectivity index (χ4v) is 3.61. The van der Waals surface area contributed by atoms with Gasteiger partial charge in [-0.15, -0.1) is 0 Å². The molecule has 166 valence electrons. The highest BCUT2D eigenvalue weighted by molar-refractivity contribution is 5.75. The molecule has 0 aliphatic heterocycles. The van der Waals surface area contributed by atoms with Crippen LogP contribution in [0.2, 0.25) is 0 Å². The number of nitrogens with one attached hydrogen (secondary N) is 1. The van der Waals surface area contributed by atoms with Crippen LogP contribution >= 0.6 is 0 Å². The van der Waals surface area contributed by atoms with Gasteiger partial charge in [-0.3, -0.25) is 4.79 Å². The van der Waals surface area contributed by atoms with Crippen molar-refractivity contribution >= 4 is 5.91 Å². The third-order valence-electron chi connectivity index (χ3n) is 5.56. The molecule has 0 unspecified atom stereocenters. The molecule has 0 radical (unpaired) electrons. The molecule has 1 aromatic rings. The molecule has 0 bridgehead atoms. The van der Waals surface area contributed by atoms with Crippen LogP contribution in [0.4, 0.5) is 0 Å². The van der Waals surface area contributed by atoms with Gasteiger partial charge < -0.3 is 20.0 Å². The van der Waals surface area contributed by atoms with E-state index >= 15 is 0 Å². The van der Waals surface area contributed by atoms with Gasteiger partial charge >= 0.3 is 0 Å². The molecule has 29 heavy (non-hydrogen) atoms. The van der Waals surface area contributed by atoms with Gasteiger partial charge in [0.15, 0.2) is 11.5 Å². The molecule has 1 rings (SSSR count). The Bertz CT molecular complexity index is 587. The van der Waals surface area contributed by atoms with Gasteiger partial charge in [-0.25, -0.2) is 0 Å². The minimum absolute atomic E-state index is 0.0834. The van der Waals surface area contributed by atoms with E-state index in [1.807, 2.05) is 0 Å². The van der Waals surface area contributed by atoms with Gasteiger partial charge in [0.1, 0.15) is 0 Å². The molecule has 0 spiro atoms. The number of aromatic hydroxyl groups is 2. The normalized spacial score (nSPS) is 11.6. The average Bonchev–Trinajstić information content (AvgIpc) is 2.66. The summed E-state index contributed by atoms with van der Waals surface area (Å²) >= 11 is 0. The number of nitrogens with zero attached hydrogens (tertiary/aromatic N) is 1. The van der Waals surface area contributed by atoms with E-state index in [0.717, 1.165) is 23.0 Å². The average molecular weight is 408 g/mol. The molecule has 0 heterocycles. The van der Waals surface area contributed by atoms with Crippen molar-refractivity contribution in [1.29, 1.82) is 0 Å². The topological polar surface area (TPSA) is 69.6 Å². The number of phenolic OH excluding ortho intramolecular Hbond substituents is 2. The highest BCUT2D eigenvalue weighted by Crippen LogP contribution is 2.24. The van der Waals surface area contributed by atoms with Crippen LogP contribution in [0.1, 0.15) is 76.7 Å². The van der Waals surface area contributed by atoms with Crippen molar-refractivity contribution in [3.63, 3.8) is 0 Å². The minimum Gasteiger partial charge on any atom is -0.504 e. The largest absolute Gasteiger partial charge is 0.504 e. The number of carbonyl (C=O) groups excluding carboxylic acids is 1. The lowest BCUT2D eigenvalue weighted by atomic mass is 10.1. The summed E-state index contributed by atoms with van der Waals surface area (Å²) < 4.78 is 0.982. The molecule has 0 aliphatic rings. The van der Waals surface area contributed by atoms with Crippen molar-refractivity contribution in [3.05, 3.63) is 23.8 Å². The van der Waals surface area contributed by atoms with E-state index < -0.39 is 0 Å². The molecule has 0 aliphatic carbocycles. The summed E-state index contributed by atoms with van der Waals surface area (Å²) in [4.78, 5) is 12.0. The van der Waals surface area contributed by atoms with E-state index in [-0.39, 0.29) is 17.4 Å². The second-order valence-corrected chi connectivity index (χ2v) is 8.88. The number of rotatable bonds is 16. The summed E-state index contributed by atoms with van der Waals surface area (Å²) in [5, 5.41) is 21.8. The summed E-state index contributed by atoms with van der Waals surface area (Å²) in [6.45, 7) is 5.00. The monoisotopic (exact) mass is 407 g/mol. The van der Waals surface area contributed by atoms with E-state index in [1.165, 1.54) is 70.0 Å². The zero-order valence-electron chi connectivity index (χ0n) is 18.9. The van der Waals surface area contributed by atoms with Crippen LogP contribution in [-0.2, 0) is 11.2 Å². The van der Waals surface area contributed by atoms with Crippen molar-refractivity contribution < 1.29 is 19.5 Å². The van der Waals surface area contributed by atoms with E-state index in [9.17, 15) is 15.0 Å². The molecule has 1 amide bonds. The third-order valence-corrected chi connectivity index (χ3v) is 5.56. The lowest BCUT2D eigenvalue weighted by Crippen LogP contribution is -2.41. The highest BCUT2D eigenvalue weighted by Gasteiger charge is 2.15. The lowest BCUT2D eigenvalue weighted by molar-refractivity contribution is -0.890. The first kappa shape index (κ1) is 25.3. The zero-order valence-corrected chi connectivity index (χ0v) is 18.9. The lowest BCUT2D eigenvalue weighted by Gasteiger charge is -2.29. The molecule has 0 atom stereocenters. The van der Waals surface area contributed by atoms with Crippen LogP contribution in [0.25, 0.3) is 0 Å². The van der Waals surface area contributed by atoms with Crippen LogP contribution in [0.3, 0.4) is 0 Å². The van der Waals surface area contributed by atoms with Gasteiger partial charge in [0.2, 0.25) is 5.91 Å². The Morgan fingerprint density at radius 1 is 0.897 bits per heavy atom. The minimum atomic E-state index is -0.120. The fraction of sp³-hybridized carbons (Fsp3) is 0.708. The van der Waals surface area contributed by atoms with Crippen molar-refractivity contribution in [1.82, 2.24) is 5.32 Å². The molecule has 0 fully saturated rings. The molecule has 0 aromatic heterocycles. The van der Waals surface area contributed by atoms with Crippen molar-refractivity contribution in [2.45, 2.75) is 77.6 Å². The highest BCUT2D eigenvalue weighted by atomic mass is 16.3. The molecular weight excluding hydrogens is 364 g/mol. The SMILES string of the molecule is CCCCCCCCCC[N+](C)(C)CCCC(=O)NCCc1ccc(O)c(O)c1. The first-order valence-corrected chi connectivity index (χ1v) is 11.4. The fourth-order valence-electron chi connectivity index (χ4n) is 3.61. The molecule has 5 nitrogen and oxygen atoms in total. The Morgan fingerprint density at radius 2 is 1.52 bits per heavy atom. The predicted octanol–water partition coefficient (Wildman–Crippen LogP) is 4.75. The number of hydrogen-bond acceptors (Lipinski definition) is 3. The number of hydrogen-bond donors (Lipinski definition) is 3. The number of quaternary nitrogens is 1. The summed E-state index contributed by atoms with van der Waals surface area (Å²) in [5.41, 5.74) is 0.892. The van der Waals surface area contributed by atoms with Gasteiger partial charge in [-0.2, -0.15) is 0 Å². The van der Waals surface area contributed by atoms with Gasteiger partial charge in [0, 0.05) is 19.4 Å². The standard InChI is InChI=1S/C24H42N2O3/c1-4-5-6-7-8-9-10-11-18-26(2,3)19-12-13-24(29)25-17-16-21-14-15-22(27)23(28)20-21/h14-15,20H,4-13,16-19H2,1-3H3,(H2-,25,27,28,29)/p+1. The second kappa shape index (κ2) is 14.3. The first-order valence-electron chi connectivity index (χ1n) is 11.4. The van der Waals surface area contributed by atoms with E-state index in [1.54, 1.807) is 6.07 Å². The summed E-state index contributed by atoms with van der Waals surface area (Å²) in [6.07, 6.45) is 12.9. The van der Waals surface area contributed by atoms with Crippen LogP contribution in [0.15, 0.2) is 18.2 Å². The maximum atomic E-state index is 12.0. The Labute approximate surface area is 177 Å². The molecule has 5 heteroatoms. The molecular formula is C24H43N2O3+. The maximum Gasteiger partial charge on any atom is 0.220 e. The van der Waals surface area contributed by atoms with Crippen LogP contribution in [-0.4, -0.2) is 54.3 Å². The maximum absolute atomic E-state index is 12.0. The molecule has 3 N–H and O–H groups in total. The van der Waals surface area contributed by atoms with Crippen LogP contribution < -0.4 is 5.32 Å². The van der Waals surface area contributed by atoms with E-state index in [4.69, 9.17) is 0 Å². The number of phenols is 2. The number of carbonyl (C=O) groups is 1. The molecule has 1 aromatic carbocycles. The van der Waals surface area contributed by atoms with Gasteiger partial charge in [-0.1, -0.05) is 51.5 Å². The zero-order chi connectivity index (χ0) is 21.5. The second-order valence-electron chi connectivity index (χ2n) is 8.88. The van der Waals surface area contributed by atoms with Crippen LogP contribution in [0.5, 0.6) is 11.5 Å². The quantitative estimate of drug-likeness (QED) is 0.210.